The van der Waals surface area contributed by atoms with Crippen LogP contribution in [-0.4, -0.2) is 46.4 Å². The van der Waals surface area contributed by atoms with Gasteiger partial charge in [0.15, 0.2) is 0 Å². The molecule has 3 N–H and O–H groups in total. The topological polar surface area (TPSA) is 94.3 Å². The van der Waals surface area contributed by atoms with Gasteiger partial charge in [-0.05, 0) is 24.5 Å². The van der Waals surface area contributed by atoms with E-state index in [1.54, 1.807) is 0 Å². The predicted octanol–water partition coefficient (Wildman–Crippen LogP) is 2.47. The summed E-state index contributed by atoms with van der Waals surface area (Å²) in [7, 11) is 0. The summed E-state index contributed by atoms with van der Waals surface area (Å²) in [5.41, 5.74) is 1.97. The number of nitrogens with one attached hydrogen (secondary N) is 3. The number of rotatable bonds is 5. The first-order valence-corrected chi connectivity index (χ1v) is 10.1. The van der Waals surface area contributed by atoms with Crippen molar-refractivity contribution in [2.75, 3.05) is 6.54 Å². The normalized spacial score (nSPS) is 21.0. The van der Waals surface area contributed by atoms with Crippen molar-refractivity contribution in [2.45, 2.75) is 57.0 Å². The Labute approximate surface area is 163 Å². The maximum Gasteiger partial charge on any atom is 0.325 e. The van der Waals surface area contributed by atoms with E-state index in [1.807, 2.05) is 30.5 Å². The van der Waals surface area contributed by atoms with Crippen molar-refractivity contribution in [1.82, 2.24) is 20.5 Å². The summed E-state index contributed by atoms with van der Waals surface area (Å²) >= 11 is 0. The van der Waals surface area contributed by atoms with Crippen LogP contribution in [0.4, 0.5) is 4.79 Å². The molecule has 2 heterocycles. The number of imide groups is 1. The molecule has 1 aliphatic carbocycles. The summed E-state index contributed by atoms with van der Waals surface area (Å²) < 4.78 is 0. The zero-order chi connectivity index (χ0) is 19.5. The minimum Gasteiger partial charge on any atom is -0.361 e. The molecule has 2 aliphatic rings. The van der Waals surface area contributed by atoms with Crippen LogP contribution in [0, 0.1) is 0 Å². The summed E-state index contributed by atoms with van der Waals surface area (Å²) in [5.74, 6) is -0.602. The molecule has 1 aromatic carbocycles. The highest BCUT2D eigenvalue weighted by Crippen LogP contribution is 2.21. The number of para-hydroxylation sites is 1. The number of benzene rings is 1. The third-order valence-electron chi connectivity index (χ3n) is 5.73. The second kappa shape index (κ2) is 8.04. The molecule has 0 radical (unpaired) electrons. The number of hydrogen-bond donors (Lipinski definition) is 3. The van der Waals surface area contributed by atoms with Gasteiger partial charge in [-0.1, -0.05) is 43.9 Å². The second-order valence-corrected chi connectivity index (χ2v) is 7.75. The summed E-state index contributed by atoms with van der Waals surface area (Å²) in [6, 6.07) is 6.86. The lowest BCUT2D eigenvalue weighted by atomic mass is 10.1. The van der Waals surface area contributed by atoms with Crippen molar-refractivity contribution in [2.24, 2.45) is 0 Å². The van der Waals surface area contributed by atoms with E-state index in [0.717, 1.165) is 47.0 Å². The third-order valence-corrected chi connectivity index (χ3v) is 5.73. The quantitative estimate of drug-likeness (QED) is 0.548. The predicted molar refractivity (Wildman–Crippen MR) is 106 cm³/mol. The molecular formula is C21H26N4O3. The number of hydrogen-bond acceptors (Lipinski definition) is 3. The molecule has 7 heteroatoms. The van der Waals surface area contributed by atoms with Crippen molar-refractivity contribution in [3.63, 3.8) is 0 Å². The van der Waals surface area contributed by atoms with Gasteiger partial charge in [0.1, 0.15) is 12.6 Å². The molecule has 1 saturated carbocycles. The molecule has 1 unspecified atom stereocenters. The Bertz CT molecular complexity index is 883. The van der Waals surface area contributed by atoms with E-state index < -0.39 is 12.1 Å². The number of nitrogens with zero attached hydrogens (tertiary/aromatic N) is 1. The van der Waals surface area contributed by atoms with Crippen LogP contribution >= 0.6 is 0 Å². The average Bonchev–Trinajstić information content (AvgIpc) is 3.07. The van der Waals surface area contributed by atoms with E-state index in [4.69, 9.17) is 0 Å². The van der Waals surface area contributed by atoms with E-state index in [-0.39, 0.29) is 24.4 Å². The fourth-order valence-corrected chi connectivity index (χ4v) is 4.23. The van der Waals surface area contributed by atoms with Crippen LogP contribution in [0.2, 0.25) is 0 Å². The number of aromatic nitrogens is 1. The molecule has 0 spiro atoms. The zero-order valence-corrected chi connectivity index (χ0v) is 15.9. The summed E-state index contributed by atoms with van der Waals surface area (Å²) in [4.78, 5) is 41.6. The van der Waals surface area contributed by atoms with E-state index in [2.05, 4.69) is 15.6 Å². The molecule has 148 valence electrons. The minimum atomic E-state index is -0.641. The number of carbonyl (C=O) groups is 3. The van der Waals surface area contributed by atoms with Crippen LogP contribution in [0.3, 0.4) is 0 Å². The van der Waals surface area contributed by atoms with Crippen molar-refractivity contribution < 1.29 is 14.4 Å². The van der Waals surface area contributed by atoms with Crippen LogP contribution in [0.1, 0.15) is 44.1 Å². The van der Waals surface area contributed by atoms with Gasteiger partial charge in [0.25, 0.3) is 5.91 Å². The van der Waals surface area contributed by atoms with Crippen LogP contribution < -0.4 is 10.6 Å². The molecule has 4 rings (SSSR count). The Hall–Kier alpha value is -2.83. The Balaban J connectivity index is 1.37. The fourth-order valence-electron chi connectivity index (χ4n) is 4.23. The second-order valence-electron chi connectivity index (χ2n) is 7.75. The lowest BCUT2D eigenvalue weighted by Gasteiger charge is -2.18. The van der Waals surface area contributed by atoms with E-state index in [1.165, 1.54) is 12.8 Å². The average molecular weight is 382 g/mol. The summed E-state index contributed by atoms with van der Waals surface area (Å²) in [6.07, 6.45) is 8.83. The molecule has 1 saturated heterocycles. The molecule has 28 heavy (non-hydrogen) atoms. The van der Waals surface area contributed by atoms with E-state index >= 15 is 0 Å². The van der Waals surface area contributed by atoms with Gasteiger partial charge in [0, 0.05) is 29.6 Å². The molecule has 4 amide bonds. The van der Waals surface area contributed by atoms with Crippen molar-refractivity contribution in [3.8, 4) is 0 Å². The Morgan fingerprint density at radius 2 is 1.86 bits per heavy atom. The number of H-pyrrole nitrogens is 1. The number of urea groups is 1. The first-order valence-electron chi connectivity index (χ1n) is 10.1. The standard InChI is InChI=1S/C21H26N4O3/c26-19(23-15-7-3-1-2-4-8-15)13-25-20(27)18(24-21(25)28)11-14-12-22-17-10-6-5-9-16(14)17/h5-6,9-10,12,15,18,22H,1-4,7-8,11,13H2,(H,23,26)(H,24,28). The lowest BCUT2D eigenvalue weighted by molar-refractivity contribution is -0.132. The Morgan fingerprint density at radius 3 is 2.64 bits per heavy atom. The molecule has 2 aromatic rings. The molecule has 0 bridgehead atoms. The first kappa shape index (κ1) is 18.5. The molecule has 1 atom stereocenters. The van der Waals surface area contributed by atoms with E-state index in [9.17, 15) is 14.4 Å². The van der Waals surface area contributed by atoms with Crippen LogP contribution in [0.25, 0.3) is 10.9 Å². The monoisotopic (exact) mass is 382 g/mol. The SMILES string of the molecule is O=C(CN1C(=O)NC(Cc2c[nH]c3ccccc23)C1=O)NC1CCCCCC1. The van der Waals surface area contributed by atoms with Gasteiger partial charge in [-0.2, -0.15) is 0 Å². The van der Waals surface area contributed by atoms with Gasteiger partial charge >= 0.3 is 6.03 Å². The molecule has 1 aliphatic heterocycles. The molecule has 1 aromatic heterocycles. The van der Waals surface area contributed by atoms with Gasteiger partial charge in [0.2, 0.25) is 5.91 Å². The van der Waals surface area contributed by atoms with Gasteiger partial charge < -0.3 is 15.6 Å². The van der Waals surface area contributed by atoms with E-state index in [0.29, 0.717) is 6.42 Å². The smallest absolute Gasteiger partial charge is 0.325 e. The highest BCUT2D eigenvalue weighted by atomic mass is 16.2. The highest BCUT2D eigenvalue weighted by molar-refractivity contribution is 6.06. The largest absolute Gasteiger partial charge is 0.361 e. The van der Waals surface area contributed by atoms with Gasteiger partial charge in [-0.3, -0.25) is 14.5 Å². The van der Waals surface area contributed by atoms with Crippen molar-refractivity contribution >= 4 is 28.7 Å². The molecule has 7 nitrogen and oxygen atoms in total. The van der Waals surface area contributed by atoms with Crippen LogP contribution in [0.5, 0.6) is 0 Å². The van der Waals surface area contributed by atoms with Crippen LogP contribution in [-0.2, 0) is 16.0 Å². The Morgan fingerprint density at radius 1 is 1.11 bits per heavy atom. The maximum absolute atomic E-state index is 12.7. The van der Waals surface area contributed by atoms with Gasteiger partial charge in [-0.25, -0.2) is 4.79 Å². The molecular weight excluding hydrogens is 356 g/mol. The number of fused-ring (bicyclic) bond motifs is 1. The van der Waals surface area contributed by atoms with Gasteiger partial charge in [-0.15, -0.1) is 0 Å². The number of carbonyl (C=O) groups excluding carboxylic acids is 3. The number of amides is 4. The summed E-state index contributed by atoms with van der Waals surface area (Å²) in [6.45, 7) is -0.217. The zero-order valence-electron chi connectivity index (χ0n) is 15.9. The van der Waals surface area contributed by atoms with Crippen LogP contribution in [0.15, 0.2) is 30.5 Å². The first-order chi connectivity index (χ1) is 13.6. The fraction of sp³-hybridized carbons (Fsp3) is 0.476. The molecule has 2 fully saturated rings. The van der Waals surface area contributed by atoms with Gasteiger partial charge in [0.05, 0.1) is 0 Å². The minimum absolute atomic E-state index is 0.151. The lowest BCUT2D eigenvalue weighted by Crippen LogP contribution is -2.44. The maximum atomic E-state index is 12.7. The third kappa shape index (κ3) is 3.88. The van der Waals surface area contributed by atoms with Crippen molar-refractivity contribution in [3.05, 3.63) is 36.0 Å². The Kier molecular flexibility index (Phi) is 5.32. The summed E-state index contributed by atoms with van der Waals surface area (Å²) in [5, 5.41) is 6.75. The number of aromatic amines is 1. The van der Waals surface area contributed by atoms with Crippen molar-refractivity contribution in [1.29, 1.82) is 0 Å². The highest BCUT2D eigenvalue weighted by Gasteiger charge is 2.39.